The summed E-state index contributed by atoms with van der Waals surface area (Å²) in [6, 6.07) is 2.87. The van der Waals surface area contributed by atoms with Crippen LogP contribution in [0.3, 0.4) is 0 Å². The number of ether oxygens (including phenoxy) is 2. The quantitative estimate of drug-likeness (QED) is 0.772. The van der Waals surface area contributed by atoms with Crippen molar-refractivity contribution in [3.63, 3.8) is 0 Å². The molecule has 0 spiro atoms. The van der Waals surface area contributed by atoms with Crippen LogP contribution in [0.5, 0.6) is 17.2 Å². The van der Waals surface area contributed by atoms with Crippen molar-refractivity contribution < 1.29 is 19.7 Å². The molecule has 0 aliphatic carbocycles. The predicted molar refractivity (Wildman–Crippen MR) is 51.8 cm³/mol. The summed E-state index contributed by atoms with van der Waals surface area (Å²) in [6.45, 7) is 1.61. The lowest BCUT2D eigenvalue weighted by Gasteiger charge is -2.15. The van der Waals surface area contributed by atoms with Gasteiger partial charge in [-0.3, -0.25) is 0 Å². The highest BCUT2D eigenvalue weighted by molar-refractivity contribution is 5.51. The van der Waals surface area contributed by atoms with Gasteiger partial charge < -0.3 is 19.7 Å². The first-order valence-electron chi connectivity index (χ1n) is 4.23. The van der Waals surface area contributed by atoms with Crippen LogP contribution >= 0.6 is 0 Å². The van der Waals surface area contributed by atoms with Crippen molar-refractivity contribution in [2.24, 2.45) is 0 Å². The van der Waals surface area contributed by atoms with Crippen LogP contribution in [0.15, 0.2) is 12.1 Å². The second kappa shape index (κ2) is 4.19. The van der Waals surface area contributed by atoms with E-state index in [0.717, 1.165) is 0 Å². The van der Waals surface area contributed by atoms with Crippen LogP contribution in [-0.4, -0.2) is 24.4 Å². The average molecular weight is 198 g/mol. The maximum Gasteiger partial charge on any atom is 0.132 e. The number of phenols is 1. The molecule has 4 heteroatoms. The molecule has 0 amide bonds. The average Bonchev–Trinajstić information content (AvgIpc) is 2.15. The van der Waals surface area contributed by atoms with E-state index in [1.54, 1.807) is 6.92 Å². The van der Waals surface area contributed by atoms with E-state index in [-0.39, 0.29) is 5.75 Å². The Morgan fingerprint density at radius 2 is 1.57 bits per heavy atom. The number of rotatable bonds is 3. The molecule has 4 nitrogen and oxygen atoms in total. The Kier molecular flexibility index (Phi) is 3.19. The number of phenolic OH excluding ortho intramolecular Hbond substituents is 1. The first-order chi connectivity index (χ1) is 6.60. The lowest BCUT2D eigenvalue weighted by Crippen LogP contribution is -2.00. The molecular weight excluding hydrogens is 184 g/mol. The van der Waals surface area contributed by atoms with Gasteiger partial charge in [0.1, 0.15) is 17.2 Å². The van der Waals surface area contributed by atoms with Crippen LogP contribution in [0, 0.1) is 0 Å². The van der Waals surface area contributed by atoms with Crippen LogP contribution in [-0.2, 0) is 0 Å². The van der Waals surface area contributed by atoms with Gasteiger partial charge in [-0.1, -0.05) is 0 Å². The molecule has 0 fully saturated rings. The number of aliphatic hydroxyl groups excluding tert-OH is 1. The molecule has 1 unspecified atom stereocenters. The summed E-state index contributed by atoms with van der Waals surface area (Å²) in [4.78, 5) is 0. The fourth-order valence-electron chi connectivity index (χ4n) is 1.34. The Morgan fingerprint density at radius 3 is 1.86 bits per heavy atom. The fraction of sp³-hybridized carbons (Fsp3) is 0.400. The SMILES string of the molecule is COc1cc(O)cc(OC)c1C(C)O. The van der Waals surface area contributed by atoms with E-state index in [0.29, 0.717) is 17.1 Å². The molecule has 1 aromatic carbocycles. The molecule has 0 aromatic heterocycles. The van der Waals surface area contributed by atoms with Crippen molar-refractivity contribution in [3.8, 4) is 17.2 Å². The van der Waals surface area contributed by atoms with E-state index in [4.69, 9.17) is 9.47 Å². The highest BCUT2D eigenvalue weighted by Gasteiger charge is 2.16. The van der Waals surface area contributed by atoms with Gasteiger partial charge >= 0.3 is 0 Å². The van der Waals surface area contributed by atoms with Crippen molar-refractivity contribution in [3.05, 3.63) is 17.7 Å². The van der Waals surface area contributed by atoms with Crippen molar-refractivity contribution in [1.29, 1.82) is 0 Å². The van der Waals surface area contributed by atoms with Crippen LogP contribution in [0.1, 0.15) is 18.6 Å². The molecule has 2 N–H and O–H groups in total. The van der Waals surface area contributed by atoms with E-state index in [9.17, 15) is 10.2 Å². The fourth-order valence-corrected chi connectivity index (χ4v) is 1.34. The summed E-state index contributed by atoms with van der Waals surface area (Å²) < 4.78 is 10.1. The molecule has 1 rings (SSSR count). The van der Waals surface area contributed by atoms with Gasteiger partial charge in [-0.25, -0.2) is 0 Å². The highest BCUT2D eigenvalue weighted by atomic mass is 16.5. The van der Waals surface area contributed by atoms with Gasteiger partial charge in [0.25, 0.3) is 0 Å². The number of aliphatic hydroxyl groups is 1. The molecule has 0 heterocycles. The molecule has 0 saturated carbocycles. The van der Waals surface area contributed by atoms with Gasteiger partial charge in [0, 0.05) is 12.1 Å². The van der Waals surface area contributed by atoms with E-state index in [1.165, 1.54) is 26.4 Å². The van der Waals surface area contributed by atoms with Crippen LogP contribution in [0.2, 0.25) is 0 Å². The summed E-state index contributed by atoms with van der Waals surface area (Å²) in [6.07, 6.45) is -0.708. The third-order valence-electron chi connectivity index (χ3n) is 1.95. The summed E-state index contributed by atoms with van der Waals surface area (Å²) in [5, 5.41) is 18.8. The van der Waals surface area contributed by atoms with E-state index < -0.39 is 6.10 Å². The number of hydrogen-bond acceptors (Lipinski definition) is 4. The smallest absolute Gasteiger partial charge is 0.132 e. The summed E-state index contributed by atoms with van der Waals surface area (Å²) >= 11 is 0. The predicted octanol–water partition coefficient (Wildman–Crippen LogP) is 1.46. The van der Waals surface area contributed by atoms with Crippen molar-refractivity contribution >= 4 is 0 Å². The third-order valence-corrected chi connectivity index (χ3v) is 1.95. The van der Waals surface area contributed by atoms with Gasteiger partial charge in [0.2, 0.25) is 0 Å². The van der Waals surface area contributed by atoms with Gasteiger partial charge in [0.05, 0.1) is 25.9 Å². The lowest BCUT2D eigenvalue weighted by atomic mass is 10.1. The molecule has 78 valence electrons. The minimum atomic E-state index is -0.708. The molecule has 1 aromatic rings. The molecule has 0 radical (unpaired) electrons. The standard InChI is InChI=1S/C10H14O4/c1-6(11)10-8(13-2)4-7(12)5-9(10)14-3/h4-6,11-12H,1-3H3. The van der Waals surface area contributed by atoms with Crippen molar-refractivity contribution in [1.82, 2.24) is 0 Å². The largest absolute Gasteiger partial charge is 0.508 e. The zero-order valence-corrected chi connectivity index (χ0v) is 8.44. The van der Waals surface area contributed by atoms with Gasteiger partial charge in [-0.15, -0.1) is 0 Å². The van der Waals surface area contributed by atoms with Gasteiger partial charge in [-0.2, -0.15) is 0 Å². The summed E-state index contributed by atoms with van der Waals surface area (Å²) in [5.41, 5.74) is 0.535. The molecular formula is C10H14O4. The number of hydrogen-bond donors (Lipinski definition) is 2. The Hall–Kier alpha value is -1.42. The van der Waals surface area contributed by atoms with Gasteiger partial charge in [-0.05, 0) is 6.92 Å². The maximum atomic E-state index is 9.50. The van der Waals surface area contributed by atoms with Crippen LogP contribution < -0.4 is 9.47 Å². The first kappa shape index (κ1) is 10.7. The van der Waals surface area contributed by atoms with Crippen LogP contribution in [0.25, 0.3) is 0 Å². The zero-order chi connectivity index (χ0) is 10.7. The number of benzene rings is 1. The van der Waals surface area contributed by atoms with Crippen LogP contribution in [0.4, 0.5) is 0 Å². The second-order valence-corrected chi connectivity index (χ2v) is 2.94. The van der Waals surface area contributed by atoms with E-state index in [1.807, 2.05) is 0 Å². The second-order valence-electron chi connectivity index (χ2n) is 2.94. The van der Waals surface area contributed by atoms with Gasteiger partial charge in [0.15, 0.2) is 0 Å². The molecule has 0 bridgehead atoms. The minimum Gasteiger partial charge on any atom is -0.508 e. The van der Waals surface area contributed by atoms with Crippen molar-refractivity contribution in [2.75, 3.05) is 14.2 Å². The molecule has 0 aliphatic heterocycles. The maximum absolute atomic E-state index is 9.50. The normalized spacial score (nSPS) is 12.3. The van der Waals surface area contributed by atoms with E-state index in [2.05, 4.69) is 0 Å². The highest BCUT2D eigenvalue weighted by Crippen LogP contribution is 2.37. The van der Waals surface area contributed by atoms with E-state index >= 15 is 0 Å². The molecule has 0 aliphatic rings. The Balaban J connectivity index is 3.33. The first-order valence-corrected chi connectivity index (χ1v) is 4.23. The Morgan fingerprint density at radius 1 is 1.14 bits per heavy atom. The summed E-state index contributed by atoms with van der Waals surface area (Å²) in [5.74, 6) is 0.872. The van der Waals surface area contributed by atoms with Crippen molar-refractivity contribution in [2.45, 2.75) is 13.0 Å². The number of aromatic hydroxyl groups is 1. The Bertz CT molecular complexity index is 295. The monoisotopic (exact) mass is 198 g/mol. The number of methoxy groups -OCH3 is 2. The topological polar surface area (TPSA) is 58.9 Å². The summed E-state index contributed by atoms with van der Waals surface area (Å²) in [7, 11) is 2.94. The Labute approximate surface area is 82.7 Å². The minimum absolute atomic E-state index is 0.0445. The third kappa shape index (κ3) is 1.90. The molecule has 14 heavy (non-hydrogen) atoms. The zero-order valence-electron chi connectivity index (χ0n) is 8.44. The molecule has 0 saturated heterocycles. The lowest BCUT2D eigenvalue weighted by molar-refractivity contribution is 0.188. The molecule has 1 atom stereocenters.